The number of rotatable bonds is 9. The summed E-state index contributed by atoms with van der Waals surface area (Å²) in [4.78, 5) is 0. The number of methoxy groups -OCH3 is 5. The van der Waals surface area contributed by atoms with E-state index in [-0.39, 0.29) is 14.9 Å². The fourth-order valence-electron chi connectivity index (χ4n) is 3.76. The van der Waals surface area contributed by atoms with Gasteiger partial charge in [-0.3, -0.25) is 0 Å². The van der Waals surface area contributed by atoms with Crippen molar-refractivity contribution < 1.29 is 52.9 Å². The molecule has 0 atom stereocenters. The van der Waals surface area contributed by atoms with Crippen molar-refractivity contribution in [3.63, 3.8) is 0 Å². The molecule has 4 aromatic rings. The molecular weight excluding hydrogens is 760 g/mol. The fraction of sp³-hybridized carbons (Fsp3) is 0.294. The van der Waals surface area contributed by atoms with Crippen LogP contribution in [0.1, 0.15) is 31.5 Å². The fourth-order valence-corrected chi connectivity index (χ4v) is 4.70. The van der Waals surface area contributed by atoms with Crippen molar-refractivity contribution in [1.82, 2.24) is 0 Å². The predicted octanol–water partition coefficient (Wildman–Crippen LogP) is 10.6. The zero-order chi connectivity index (χ0) is 32.1. The Morgan fingerprint density at radius 3 is 1.42 bits per heavy atom. The summed E-state index contributed by atoms with van der Waals surface area (Å²) in [7, 11) is 8.03. The summed E-state index contributed by atoms with van der Waals surface area (Å²) in [5, 5.41) is 0. The van der Waals surface area contributed by atoms with E-state index in [9.17, 15) is 0 Å². The van der Waals surface area contributed by atoms with Gasteiger partial charge in [0.05, 0.1) is 44.5 Å². The third-order valence-corrected chi connectivity index (χ3v) is 7.42. The Bertz CT molecular complexity index is 1510. The van der Waals surface area contributed by atoms with E-state index in [1.807, 2.05) is 55.5 Å². The monoisotopic (exact) mass is 799 g/mol. The van der Waals surface area contributed by atoms with Crippen LogP contribution in [0.4, 0.5) is 0 Å². The molecule has 0 aliphatic carbocycles. The molecule has 0 heterocycles. The van der Waals surface area contributed by atoms with Gasteiger partial charge in [0.25, 0.3) is 0 Å². The minimum atomic E-state index is 0. The van der Waals surface area contributed by atoms with Gasteiger partial charge in [0.15, 0.2) is 23.0 Å². The summed E-state index contributed by atoms with van der Waals surface area (Å²) >= 11 is 9.92. The molecule has 4 aromatic carbocycles. The van der Waals surface area contributed by atoms with Crippen LogP contribution < -0.4 is 33.2 Å². The summed E-state index contributed by atoms with van der Waals surface area (Å²) in [5.74, 6) is 6.13. The number of hydrogen-bond acceptors (Lipinski definition) is 8. The van der Waals surface area contributed by atoms with Crippen LogP contribution in [0, 0.1) is 20.8 Å². The SMILES string of the molecule is C.C.COc1cc(Oc2cc(OC)c(OC)cc2Br)c(Br)cc1C.COc1ccc(Oc2ccc(C)c(C)c2)cc1OC.[O]=[Cu]. The standard InChI is InChI=1S/C16H16Br2O4.C16H18O3.2CH4.Cu.O/c1-9-5-10(17)13(7-12(9)19-2)22-14-8-16(21-4)15(20-3)6-11(14)18;1-11-5-6-13(9-12(11)2)19-14-7-8-15(17-3)16(10-14)18-4;;;;/h5-8H,1-4H3;5-10H,1-4H3;2*1H4;;. The first kappa shape index (κ1) is 41.8. The van der Waals surface area contributed by atoms with E-state index in [4.69, 9.17) is 37.0 Å². The van der Waals surface area contributed by atoms with Crippen LogP contribution in [0.5, 0.6) is 51.7 Å². The molecule has 0 aliphatic heterocycles. The molecule has 251 valence electrons. The first-order valence-electron chi connectivity index (χ1n) is 12.7. The zero-order valence-electron chi connectivity index (χ0n) is 25.1. The number of benzene rings is 4. The number of halogens is 2. The summed E-state index contributed by atoms with van der Waals surface area (Å²) in [5.41, 5.74) is 3.48. The topological polar surface area (TPSA) is 81.7 Å². The van der Waals surface area contributed by atoms with Crippen molar-refractivity contribution in [3.05, 3.63) is 86.3 Å². The average Bonchev–Trinajstić information content (AvgIpc) is 3.02. The van der Waals surface area contributed by atoms with Crippen molar-refractivity contribution >= 4 is 31.9 Å². The van der Waals surface area contributed by atoms with Crippen LogP contribution in [0.2, 0.25) is 0 Å². The molecule has 0 fully saturated rings. The van der Waals surface area contributed by atoms with Gasteiger partial charge in [-0.25, -0.2) is 0 Å². The van der Waals surface area contributed by atoms with E-state index >= 15 is 0 Å². The summed E-state index contributed by atoms with van der Waals surface area (Å²) < 4.78 is 47.5. The van der Waals surface area contributed by atoms with E-state index in [2.05, 4.69) is 61.7 Å². The van der Waals surface area contributed by atoms with Crippen molar-refractivity contribution in [2.45, 2.75) is 35.6 Å². The Balaban J connectivity index is 0.000000789. The van der Waals surface area contributed by atoms with Crippen LogP contribution in [0.15, 0.2) is 69.6 Å². The molecule has 0 saturated heterocycles. The van der Waals surface area contributed by atoms with Gasteiger partial charge in [0.1, 0.15) is 28.7 Å². The van der Waals surface area contributed by atoms with Crippen LogP contribution >= 0.6 is 31.9 Å². The first-order valence-corrected chi connectivity index (χ1v) is 14.6. The number of aryl methyl sites for hydroxylation is 3. The van der Waals surface area contributed by atoms with Gasteiger partial charge in [-0.05, 0) is 99.7 Å². The average molecular weight is 802 g/mol. The van der Waals surface area contributed by atoms with Gasteiger partial charge in [-0.1, -0.05) is 20.9 Å². The molecule has 0 aliphatic rings. The summed E-state index contributed by atoms with van der Waals surface area (Å²) in [6.45, 7) is 6.12. The quantitative estimate of drug-likeness (QED) is 0.155. The van der Waals surface area contributed by atoms with Crippen LogP contribution in [-0.2, 0) is 19.8 Å². The summed E-state index contributed by atoms with van der Waals surface area (Å²) in [6.07, 6.45) is 0. The Hall–Kier alpha value is -3.24. The molecule has 0 spiro atoms. The van der Waals surface area contributed by atoms with Gasteiger partial charge in [-0.15, -0.1) is 0 Å². The molecule has 0 aromatic heterocycles. The Kier molecular flexibility index (Phi) is 19.2. The molecule has 11 heteroatoms. The molecule has 8 nitrogen and oxygen atoms in total. The molecule has 45 heavy (non-hydrogen) atoms. The van der Waals surface area contributed by atoms with E-state index in [1.165, 1.54) is 11.1 Å². The van der Waals surface area contributed by atoms with E-state index in [1.54, 1.807) is 47.7 Å². The molecule has 0 amide bonds. The number of ether oxygens (including phenoxy) is 7. The zero-order valence-corrected chi connectivity index (χ0v) is 29.2. The molecule has 0 bridgehead atoms. The maximum absolute atomic E-state index is 7.81. The third-order valence-electron chi connectivity index (χ3n) is 6.18. The van der Waals surface area contributed by atoms with Crippen LogP contribution in [0.25, 0.3) is 0 Å². The van der Waals surface area contributed by atoms with Crippen molar-refractivity contribution in [1.29, 1.82) is 0 Å². The van der Waals surface area contributed by atoms with E-state index in [0.29, 0.717) is 34.5 Å². The maximum atomic E-state index is 7.81. The van der Waals surface area contributed by atoms with Gasteiger partial charge in [0.2, 0.25) is 0 Å². The van der Waals surface area contributed by atoms with Crippen LogP contribution in [-0.4, -0.2) is 35.5 Å². The molecule has 0 N–H and O–H groups in total. The van der Waals surface area contributed by atoms with Crippen LogP contribution in [0.3, 0.4) is 0 Å². The Morgan fingerprint density at radius 1 is 0.444 bits per heavy atom. The second kappa shape index (κ2) is 20.7. The predicted molar refractivity (Wildman–Crippen MR) is 182 cm³/mol. The molecule has 0 unspecified atom stereocenters. The normalized spacial score (nSPS) is 9.42. The van der Waals surface area contributed by atoms with E-state index in [0.717, 1.165) is 31.8 Å². The second-order valence-corrected chi connectivity index (χ2v) is 10.6. The first-order chi connectivity index (χ1) is 20.6. The van der Waals surface area contributed by atoms with Gasteiger partial charge >= 0.3 is 19.8 Å². The molecule has 4 rings (SSSR count). The molecule has 0 radical (unpaired) electrons. The van der Waals surface area contributed by atoms with Gasteiger partial charge in [-0.2, -0.15) is 0 Å². The number of hydrogen-bond donors (Lipinski definition) is 0. The van der Waals surface area contributed by atoms with Crippen molar-refractivity contribution in [2.75, 3.05) is 35.5 Å². The third kappa shape index (κ3) is 11.6. The van der Waals surface area contributed by atoms with Gasteiger partial charge < -0.3 is 33.2 Å². The van der Waals surface area contributed by atoms with Crippen molar-refractivity contribution in [3.8, 4) is 51.7 Å². The van der Waals surface area contributed by atoms with Gasteiger partial charge in [0, 0.05) is 24.3 Å². The Morgan fingerprint density at radius 2 is 0.889 bits per heavy atom. The molecular formula is C34H42Br2CuO8. The minimum absolute atomic E-state index is 0. The Labute approximate surface area is 292 Å². The van der Waals surface area contributed by atoms with E-state index < -0.39 is 0 Å². The van der Waals surface area contributed by atoms with Crippen molar-refractivity contribution in [2.24, 2.45) is 0 Å². The second-order valence-electron chi connectivity index (χ2n) is 8.86. The summed E-state index contributed by atoms with van der Waals surface area (Å²) in [6, 6.07) is 18.9. The molecule has 0 saturated carbocycles.